The first kappa shape index (κ1) is 23.2. The van der Waals surface area contributed by atoms with Crippen LogP contribution in [-0.4, -0.2) is 27.7 Å². The van der Waals surface area contributed by atoms with E-state index in [1.165, 1.54) is 21.9 Å². The van der Waals surface area contributed by atoms with Crippen molar-refractivity contribution in [1.82, 2.24) is 9.47 Å². The highest BCUT2D eigenvalue weighted by Crippen LogP contribution is 2.36. The number of ether oxygens (including phenoxy) is 2. The van der Waals surface area contributed by atoms with Gasteiger partial charge in [0.05, 0.1) is 12.2 Å². The molecular formula is C28H28N2O4S. The second-order valence-corrected chi connectivity index (χ2v) is 10.8. The first-order chi connectivity index (χ1) is 16.8. The largest absolute Gasteiger partial charge is 0.489 e. The van der Waals surface area contributed by atoms with Gasteiger partial charge in [0, 0.05) is 28.4 Å². The van der Waals surface area contributed by atoms with E-state index in [-0.39, 0.29) is 11.7 Å². The van der Waals surface area contributed by atoms with Crippen molar-refractivity contribution in [3.05, 3.63) is 93.2 Å². The Hall–Kier alpha value is -3.58. The van der Waals surface area contributed by atoms with Gasteiger partial charge in [-0.15, -0.1) is 11.3 Å². The van der Waals surface area contributed by atoms with Gasteiger partial charge in [0.15, 0.2) is 0 Å². The van der Waals surface area contributed by atoms with Crippen LogP contribution in [0, 0.1) is 0 Å². The Morgan fingerprint density at radius 3 is 2.60 bits per heavy atom. The molecule has 0 atom stereocenters. The van der Waals surface area contributed by atoms with Crippen molar-refractivity contribution in [2.24, 2.45) is 0 Å². The Morgan fingerprint density at radius 1 is 1.06 bits per heavy atom. The number of fused-ring (bicyclic) bond motifs is 3. The van der Waals surface area contributed by atoms with Crippen LogP contribution in [0.4, 0.5) is 4.79 Å². The Labute approximate surface area is 208 Å². The van der Waals surface area contributed by atoms with Crippen LogP contribution in [0.1, 0.15) is 36.8 Å². The summed E-state index contributed by atoms with van der Waals surface area (Å²) in [6.07, 6.45) is 2.27. The topological polar surface area (TPSA) is 60.8 Å². The Morgan fingerprint density at radius 2 is 1.86 bits per heavy atom. The first-order valence-electron chi connectivity index (χ1n) is 11.7. The second-order valence-electron chi connectivity index (χ2n) is 9.68. The summed E-state index contributed by atoms with van der Waals surface area (Å²) in [5.41, 5.74) is 2.48. The predicted molar refractivity (Wildman–Crippen MR) is 139 cm³/mol. The highest BCUT2D eigenvalue weighted by Gasteiger charge is 2.28. The van der Waals surface area contributed by atoms with Crippen LogP contribution < -0.4 is 10.3 Å². The van der Waals surface area contributed by atoms with Crippen molar-refractivity contribution in [3.63, 3.8) is 0 Å². The van der Waals surface area contributed by atoms with E-state index in [2.05, 4.69) is 6.07 Å². The van der Waals surface area contributed by atoms with Crippen LogP contribution in [0.15, 0.2) is 71.7 Å². The zero-order valence-corrected chi connectivity index (χ0v) is 20.9. The van der Waals surface area contributed by atoms with E-state index < -0.39 is 5.60 Å². The number of carbonyl (C=O) groups is 1. The van der Waals surface area contributed by atoms with Gasteiger partial charge in [-0.25, -0.2) is 4.79 Å². The van der Waals surface area contributed by atoms with Crippen molar-refractivity contribution in [3.8, 4) is 11.4 Å². The van der Waals surface area contributed by atoms with Gasteiger partial charge in [0.1, 0.15) is 18.0 Å². The molecule has 35 heavy (non-hydrogen) atoms. The fourth-order valence-corrected chi connectivity index (χ4v) is 5.53. The summed E-state index contributed by atoms with van der Waals surface area (Å²) < 4.78 is 14.1. The number of thiophene rings is 1. The van der Waals surface area contributed by atoms with Crippen LogP contribution in [0.25, 0.3) is 15.8 Å². The number of rotatable bonds is 4. The first-order valence-corrected chi connectivity index (χ1v) is 12.5. The van der Waals surface area contributed by atoms with Gasteiger partial charge >= 0.3 is 6.09 Å². The summed E-state index contributed by atoms with van der Waals surface area (Å²) in [5.74, 6) is 0.546. The molecule has 7 heteroatoms. The van der Waals surface area contributed by atoms with Crippen molar-refractivity contribution in [2.75, 3.05) is 6.54 Å². The molecule has 3 heterocycles. The molecule has 0 saturated carbocycles. The van der Waals surface area contributed by atoms with Crippen LogP contribution in [0.2, 0.25) is 0 Å². The molecule has 0 N–H and O–H groups in total. The minimum Gasteiger partial charge on any atom is -0.489 e. The van der Waals surface area contributed by atoms with Crippen LogP contribution in [0.5, 0.6) is 5.75 Å². The van der Waals surface area contributed by atoms with Crippen molar-refractivity contribution in [1.29, 1.82) is 0 Å². The van der Waals surface area contributed by atoms with E-state index in [1.54, 1.807) is 27.0 Å². The highest BCUT2D eigenvalue weighted by atomic mass is 32.1. The highest BCUT2D eigenvalue weighted by molar-refractivity contribution is 7.19. The smallest absolute Gasteiger partial charge is 0.410 e. The van der Waals surface area contributed by atoms with E-state index in [0.29, 0.717) is 25.4 Å². The molecular weight excluding hydrogens is 460 g/mol. The van der Waals surface area contributed by atoms with Gasteiger partial charge < -0.3 is 14.4 Å². The lowest BCUT2D eigenvalue weighted by molar-refractivity contribution is 0.0227. The normalized spacial score (nSPS) is 13.5. The molecule has 1 amide bonds. The lowest BCUT2D eigenvalue weighted by Crippen LogP contribution is -2.39. The maximum Gasteiger partial charge on any atom is 0.410 e. The minimum atomic E-state index is -0.512. The van der Waals surface area contributed by atoms with Crippen LogP contribution in [-0.2, 0) is 24.3 Å². The molecule has 0 spiro atoms. The van der Waals surface area contributed by atoms with Gasteiger partial charge in [-0.05, 0) is 61.9 Å². The standard InChI is InChI=1S/C28H28N2O4S/c1-28(2,3)34-27(32)29-13-12-23-22-10-9-20(15-24(22)35-25(23)17-29)30-14-11-21(16-26(30)31)33-18-19-7-5-4-6-8-19/h4-11,14-16H,12-13,17-18H2,1-3H3. The summed E-state index contributed by atoms with van der Waals surface area (Å²) in [6, 6.07) is 19.3. The number of aromatic nitrogens is 1. The molecule has 0 aliphatic carbocycles. The third kappa shape index (κ3) is 5.10. The lowest BCUT2D eigenvalue weighted by Gasteiger charge is -2.30. The van der Waals surface area contributed by atoms with Gasteiger partial charge in [0.25, 0.3) is 5.56 Å². The summed E-state index contributed by atoms with van der Waals surface area (Å²) >= 11 is 1.67. The molecule has 1 aliphatic heterocycles. The third-order valence-corrected chi connectivity index (χ3v) is 7.08. The van der Waals surface area contributed by atoms with Crippen LogP contribution in [0.3, 0.4) is 0 Å². The summed E-state index contributed by atoms with van der Waals surface area (Å²) in [6.45, 7) is 7.24. The van der Waals surface area contributed by atoms with Gasteiger partial charge in [-0.3, -0.25) is 9.36 Å². The van der Waals surface area contributed by atoms with E-state index in [4.69, 9.17) is 9.47 Å². The Kier molecular flexibility index (Phi) is 6.11. The number of amides is 1. The monoisotopic (exact) mass is 488 g/mol. The molecule has 2 aromatic heterocycles. The van der Waals surface area contributed by atoms with Gasteiger partial charge in [-0.1, -0.05) is 36.4 Å². The quantitative estimate of drug-likeness (QED) is 0.358. The fraction of sp³-hybridized carbons (Fsp3) is 0.286. The second kappa shape index (κ2) is 9.23. The summed E-state index contributed by atoms with van der Waals surface area (Å²) in [7, 11) is 0. The van der Waals surface area contributed by atoms with Crippen molar-refractivity contribution in [2.45, 2.75) is 45.9 Å². The molecule has 0 bridgehead atoms. The molecule has 5 rings (SSSR count). The number of pyridine rings is 1. The Bertz CT molecular complexity index is 1430. The van der Waals surface area contributed by atoms with E-state index >= 15 is 0 Å². The number of carbonyl (C=O) groups excluding carboxylic acids is 1. The molecule has 6 nitrogen and oxygen atoms in total. The molecule has 0 saturated heterocycles. The Balaban J connectivity index is 1.35. The summed E-state index contributed by atoms with van der Waals surface area (Å²) in [4.78, 5) is 28.3. The van der Waals surface area contributed by atoms with Crippen LogP contribution >= 0.6 is 11.3 Å². The molecule has 0 radical (unpaired) electrons. The maximum absolute atomic E-state index is 12.8. The maximum atomic E-state index is 12.8. The third-order valence-electron chi connectivity index (χ3n) is 5.90. The lowest BCUT2D eigenvalue weighted by atomic mass is 10.0. The van der Waals surface area contributed by atoms with E-state index in [1.807, 2.05) is 69.3 Å². The van der Waals surface area contributed by atoms with E-state index in [0.717, 1.165) is 22.4 Å². The zero-order chi connectivity index (χ0) is 24.6. The SMILES string of the molecule is CC(C)(C)OC(=O)N1CCc2c(sc3cc(-n4ccc(OCc5ccccc5)cc4=O)ccc23)C1. The van der Waals surface area contributed by atoms with E-state index in [9.17, 15) is 9.59 Å². The average molecular weight is 489 g/mol. The molecule has 2 aromatic carbocycles. The number of nitrogens with zero attached hydrogens (tertiary/aromatic N) is 2. The average Bonchev–Trinajstić information content (AvgIpc) is 3.19. The predicted octanol–water partition coefficient (Wildman–Crippen LogP) is 5.92. The van der Waals surface area contributed by atoms with Crippen molar-refractivity contribution < 1.29 is 14.3 Å². The molecule has 1 aliphatic rings. The number of benzene rings is 2. The van der Waals surface area contributed by atoms with Gasteiger partial charge in [-0.2, -0.15) is 0 Å². The minimum absolute atomic E-state index is 0.146. The summed E-state index contributed by atoms with van der Waals surface area (Å²) in [5, 5.41) is 1.19. The molecule has 0 unspecified atom stereocenters. The molecule has 180 valence electrons. The number of hydrogen-bond donors (Lipinski definition) is 0. The fourth-order valence-electron chi connectivity index (χ4n) is 4.23. The number of hydrogen-bond acceptors (Lipinski definition) is 5. The molecule has 4 aromatic rings. The van der Waals surface area contributed by atoms with Gasteiger partial charge in [0.2, 0.25) is 0 Å². The molecule has 0 fully saturated rings. The zero-order valence-electron chi connectivity index (χ0n) is 20.1. The van der Waals surface area contributed by atoms with Crippen molar-refractivity contribution >= 4 is 27.5 Å².